The molecule has 0 fully saturated rings. The van der Waals surface area contributed by atoms with Gasteiger partial charge in [-0.25, -0.2) is 0 Å². The highest BCUT2D eigenvalue weighted by Gasteiger charge is 2.20. The molecule has 1 unspecified atom stereocenters. The molecule has 1 aromatic heterocycles. The third-order valence-electron chi connectivity index (χ3n) is 2.27. The molecule has 0 radical (unpaired) electrons. The molecule has 1 rings (SSSR count). The van der Waals surface area contributed by atoms with E-state index >= 15 is 0 Å². The molecule has 3 heteroatoms. The van der Waals surface area contributed by atoms with Crippen molar-refractivity contribution in [1.29, 1.82) is 5.26 Å². The van der Waals surface area contributed by atoms with E-state index in [-0.39, 0.29) is 11.5 Å². The highest BCUT2D eigenvalue weighted by Crippen LogP contribution is 2.33. The lowest BCUT2D eigenvalue weighted by Gasteiger charge is -2.17. The van der Waals surface area contributed by atoms with Crippen LogP contribution in [0.4, 0.5) is 0 Å². The predicted octanol–water partition coefficient (Wildman–Crippen LogP) is 3.17. The van der Waals surface area contributed by atoms with Crippen LogP contribution < -0.4 is 0 Å². The summed E-state index contributed by atoms with van der Waals surface area (Å²) in [6.45, 7) is 6.58. The quantitative estimate of drug-likeness (QED) is 0.768. The van der Waals surface area contributed by atoms with Gasteiger partial charge in [-0.2, -0.15) is 5.26 Å². The van der Waals surface area contributed by atoms with Crippen molar-refractivity contribution in [2.45, 2.75) is 32.2 Å². The molecule has 0 amide bonds. The Hall–Kier alpha value is -0.850. The summed E-state index contributed by atoms with van der Waals surface area (Å²) in [6, 6.07) is 6.40. The normalized spacial score (nSPS) is 13.9. The first-order valence-electron chi connectivity index (χ1n) is 5.02. The van der Waals surface area contributed by atoms with E-state index in [2.05, 4.69) is 39.0 Å². The number of nitriles is 1. The first-order chi connectivity index (χ1) is 6.86. The second-order valence-electron chi connectivity index (χ2n) is 4.95. The van der Waals surface area contributed by atoms with Gasteiger partial charge in [0.2, 0.25) is 0 Å². The number of rotatable bonds is 2. The summed E-state index contributed by atoms with van der Waals surface area (Å²) in [7, 11) is 3.87. The first-order valence-corrected chi connectivity index (χ1v) is 5.84. The van der Waals surface area contributed by atoms with Crippen LogP contribution in [0.5, 0.6) is 0 Å². The van der Waals surface area contributed by atoms with Crippen molar-refractivity contribution >= 4 is 11.3 Å². The zero-order valence-electron chi connectivity index (χ0n) is 10.0. The Morgan fingerprint density at radius 3 is 2.27 bits per heavy atom. The van der Waals surface area contributed by atoms with Crippen LogP contribution in [-0.4, -0.2) is 19.0 Å². The maximum atomic E-state index is 9.08. The Bertz CT molecular complexity index is 366. The standard InChI is InChI=1S/C12H18N2S/c1-12(2,3)11-7-6-10(15-11)9(8-13)14(4)5/h6-7,9H,1-5H3. The molecule has 0 spiro atoms. The van der Waals surface area contributed by atoms with Gasteiger partial charge >= 0.3 is 0 Å². The average molecular weight is 222 g/mol. The Morgan fingerprint density at radius 2 is 1.93 bits per heavy atom. The van der Waals surface area contributed by atoms with Gasteiger partial charge in [-0.05, 0) is 31.6 Å². The molecule has 1 aromatic rings. The molecule has 0 saturated carbocycles. The SMILES string of the molecule is CN(C)C(C#N)c1ccc(C(C)(C)C)s1. The minimum absolute atomic E-state index is 0.119. The molecule has 0 aliphatic rings. The van der Waals surface area contributed by atoms with Crippen molar-refractivity contribution in [3.05, 3.63) is 21.9 Å². The fourth-order valence-corrected chi connectivity index (χ4v) is 2.54. The van der Waals surface area contributed by atoms with Crippen molar-refractivity contribution in [2.24, 2.45) is 0 Å². The van der Waals surface area contributed by atoms with Crippen LogP contribution in [0.3, 0.4) is 0 Å². The molecule has 15 heavy (non-hydrogen) atoms. The molecule has 82 valence electrons. The van der Waals surface area contributed by atoms with Crippen molar-refractivity contribution in [3.63, 3.8) is 0 Å². The maximum absolute atomic E-state index is 9.08. The molecule has 0 aromatic carbocycles. The van der Waals surface area contributed by atoms with Gasteiger partial charge in [0, 0.05) is 9.75 Å². The zero-order valence-corrected chi connectivity index (χ0v) is 10.9. The molecule has 0 N–H and O–H groups in total. The molecule has 0 bridgehead atoms. The second-order valence-corrected chi connectivity index (χ2v) is 6.06. The number of thiophene rings is 1. The van der Waals surface area contributed by atoms with Gasteiger partial charge in [0.05, 0.1) is 6.07 Å². The lowest BCUT2D eigenvalue weighted by molar-refractivity contribution is 0.362. The number of hydrogen-bond donors (Lipinski definition) is 0. The van der Waals surface area contributed by atoms with Gasteiger partial charge in [0.1, 0.15) is 6.04 Å². The van der Waals surface area contributed by atoms with Crippen molar-refractivity contribution in [3.8, 4) is 6.07 Å². The Kier molecular flexibility index (Phi) is 3.54. The fourth-order valence-electron chi connectivity index (χ4n) is 1.34. The van der Waals surface area contributed by atoms with Crippen molar-refractivity contribution in [2.75, 3.05) is 14.1 Å². The summed E-state index contributed by atoms with van der Waals surface area (Å²) in [5.74, 6) is 0. The van der Waals surface area contributed by atoms with Crippen LogP contribution in [0, 0.1) is 11.3 Å². The Labute approximate surface area is 96.1 Å². The van der Waals surface area contributed by atoms with Crippen LogP contribution >= 0.6 is 11.3 Å². The number of nitrogens with zero attached hydrogens (tertiary/aromatic N) is 2. The molecule has 0 aliphatic heterocycles. The van der Waals surface area contributed by atoms with Gasteiger partial charge in [0.25, 0.3) is 0 Å². The molecule has 1 atom stereocenters. The topological polar surface area (TPSA) is 27.0 Å². The van der Waals surface area contributed by atoms with Crippen molar-refractivity contribution in [1.82, 2.24) is 4.90 Å². The molecular formula is C12H18N2S. The highest BCUT2D eigenvalue weighted by molar-refractivity contribution is 7.12. The van der Waals surface area contributed by atoms with E-state index in [1.54, 1.807) is 11.3 Å². The number of hydrogen-bond acceptors (Lipinski definition) is 3. The van der Waals surface area contributed by atoms with E-state index in [4.69, 9.17) is 5.26 Å². The van der Waals surface area contributed by atoms with Crippen LogP contribution in [0.2, 0.25) is 0 Å². The van der Waals surface area contributed by atoms with E-state index in [9.17, 15) is 0 Å². The first kappa shape index (κ1) is 12.2. The summed E-state index contributed by atoms with van der Waals surface area (Å²) >= 11 is 1.74. The lowest BCUT2D eigenvalue weighted by Crippen LogP contribution is -2.17. The molecule has 0 aliphatic carbocycles. The van der Waals surface area contributed by atoms with Gasteiger partial charge in [-0.1, -0.05) is 20.8 Å². The molecule has 0 saturated heterocycles. The van der Waals surface area contributed by atoms with Gasteiger partial charge in [-0.3, -0.25) is 4.90 Å². The van der Waals surface area contributed by atoms with Crippen LogP contribution in [-0.2, 0) is 5.41 Å². The van der Waals surface area contributed by atoms with E-state index in [0.717, 1.165) is 4.88 Å². The van der Waals surface area contributed by atoms with E-state index in [1.807, 2.05) is 19.0 Å². The summed E-state index contributed by atoms with van der Waals surface area (Å²) in [6.07, 6.45) is 0. The van der Waals surface area contributed by atoms with Gasteiger partial charge < -0.3 is 0 Å². The third kappa shape index (κ3) is 2.80. The highest BCUT2D eigenvalue weighted by atomic mass is 32.1. The van der Waals surface area contributed by atoms with Gasteiger partial charge in [0.15, 0.2) is 0 Å². The predicted molar refractivity (Wildman–Crippen MR) is 65.1 cm³/mol. The van der Waals surface area contributed by atoms with E-state index < -0.39 is 0 Å². The zero-order chi connectivity index (χ0) is 11.6. The molecular weight excluding hydrogens is 204 g/mol. The van der Waals surface area contributed by atoms with Crippen molar-refractivity contribution < 1.29 is 0 Å². The fraction of sp³-hybridized carbons (Fsp3) is 0.583. The smallest absolute Gasteiger partial charge is 0.132 e. The van der Waals surface area contributed by atoms with Crippen LogP contribution in [0.25, 0.3) is 0 Å². The minimum atomic E-state index is -0.119. The van der Waals surface area contributed by atoms with Crippen LogP contribution in [0.15, 0.2) is 12.1 Å². The summed E-state index contributed by atoms with van der Waals surface area (Å²) in [5.41, 5.74) is 0.176. The monoisotopic (exact) mass is 222 g/mol. The second kappa shape index (κ2) is 4.34. The molecule has 2 nitrogen and oxygen atoms in total. The summed E-state index contributed by atoms with van der Waals surface area (Å²) in [5, 5.41) is 9.08. The summed E-state index contributed by atoms with van der Waals surface area (Å²) in [4.78, 5) is 4.41. The largest absolute Gasteiger partial charge is 0.290 e. The summed E-state index contributed by atoms with van der Waals surface area (Å²) < 4.78 is 0. The van der Waals surface area contributed by atoms with E-state index in [0.29, 0.717) is 0 Å². The molecule has 1 heterocycles. The minimum Gasteiger partial charge on any atom is -0.290 e. The Balaban J connectivity index is 2.99. The maximum Gasteiger partial charge on any atom is 0.132 e. The average Bonchev–Trinajstić information content (AvgIpc) is 2.52. The van der Waals surface area contributed by atoms with Crippen LogP contribution in [0.1, 0.15) is 36.6 Å². The van der Waals surface area contributed by atoms with E-state index in [1.165, 1.54) is 4.88 Å². The Morgan fingerprint density at radius 1 is 1.33 bits per heavy atom. The van der Waals surface area contributed by atoms with Gasteiger partial charge in [-0.15, -0.1) is 11.3 Å². The third-order valence-corrected chi connectivity index (χ3v) is 3.84. The lowest BCUT2D eigenvalue weighted by atomic mass is 9.95.